The lowest BCUT2D eigenvalue weighted by molar-refractivity contribution is 0.288. The number of hydrogen-bond donors (Lipinski definition) is 0. The molecule has 0 unspecified atom stereocenters. The Morgan fingerprint density at radius 2 is 1.68 bits per heavy atom. The third-order valence-electron chi connectivity index (χ3n) is 6.35. The zero-order valence-electron chi connectivity index (χ0n) is 15.4. The molecule has 0 N–H and O–H groups in total. The first-order valence-electron chi connectivity index (χ1n) is 9.85. The van der Waals surface area contributed by atoms with Gasteiger partial charge in [-0.2, -0.15) is 0 Å². The lowest BCUT2D eigenvalue weighted by Crippen LogP contribution is -2.24. The molecule has 1 aromatic carbocycles. The van der Waals surface area contributed by atoms with Gasteiger partial charge in [0.2, 0.25) is 0 Å². The molecular weight excluding hydrogens is 314 g/mol. The van der Waals surface area contributed by atoms with Gasteiger partial charge in [-0.05, 0) is 100 Å². The number of rotatable bonds is 5. The van der Waals surface area contributed by atoms with E-state index in [1.54, 1.807) is 25.0 Å². The highest BCUT2D eigenvalue weighted by Gasteiger charge is 2.32. The van der Waals surface area contributed by atoms with Gasteiger partial charge in [0.15, 0.2) is 11.6 Å². The standard InChI is InChI=1S/C23H30F2/c1-3-4-5-17-7-9-18(10-8-17)19-11-13-20(14-12-19)21-15-6-16(2)22(24)23(21)25/h3,6,15,17,19H,1,4-5,7-14H2,2H3. The zero-order valence-corrected chi connectivity index (χ0v) is 15.4. The minimum Gasteiger partial charge on any atom is -0.203 e. The Bertz CT molecular complexity index is 576. The molecule has 2 aliphatic carbocycles. The number of hydrogen-bond acceptors (Lipinski definition) is 0. The molecule has 25 heavy (non-hydrogen) atoms. The van der Waals surface area contributed by atoms with Crippen molar-refractivity contribution in [3.8, 4) is 0 Å². The first-order valence-corrected chi connectivity index (χ1v) is 9.85. The van der Waals surface area contributed by atoms with E-state index in [2.05, 4.69) is 6.58 Å². The second kappa shape index (κ2) is 8.47. The molecule has 2 heteroatoms. The minimum absolute atomic E-state index is 0.388. The average Bonchev–Trinajstić information content (AvgIpc) is 2.65. The van der Waals surface area contributed by atoms with Crippen molar-refractivity contribution in [1.82, 2.24) is 0 Å². The highest BCUT2D eigenvalue weighted by Crippen LogP contribution is 2.45. The lowest BCUT2D eigenvalue weighted by Gasteiger charge is -2.37. The summed E-state index contributed by atoms with van der Waals surface area (Å²) in [4.78, 5) is 0. The van der Waals surface area contributed by atoms with Gasteiger partial charge in [-0.25, -0.2) is 8.78 Å². The molecule has 0 nitrogen and oxygen atoms in total. The van der Waals surface area contributed by atoms with Crippen LogP contribution >= 0.6 is 0 Å². The summed E-state index contributed by atoms with van der Waals surface area (Å²) in [6, 6.07) is 3.47. The second-order valence-electron chi connectivity index (χ2n) is 7.90. The summed E-state index contributed by atoms with van der Waals surface area (Å²) >= 11 is 0. The van der Waals surface area contributed by atoms with Crippen molar-refractivity contribution in [3.63, 3.8) is 0 Å². The SMILES string of the molecule is C=CCCC1CC[C](C2CC[C](c3ccc(C)c(F)c3F)CC2)CC1. The maximum atomic E-state index is 14.2. The molecule has 1 aromatic rings. The number of aryl methyl sites for hydroxylation is 1. The van der Waals surface area contributed by atoms with Gasteiger partial charge >= 0.3 is 0 Å². The van der Waals surface area contributed by atoms with Gasteiger partial charge < -0.3 is 0 Å². The normalized spacial score (nSPS) is 21.6. The number of allylic oxidation sites excluding steroid dienone is 1. The Labute approximate surface area is 151 Å². The molecule has 0 saturated heterocycles. The topological polar surface area (TPSA) is 0 Å². The summed E-state index contributed by atoms with van der Waals surface area (Å²) < 4.78 is 28.1. The molecule has 0 heterocycles. The van der Waals surface area contributed by atoms with Crippen molar-refractivity contribution in [2.75, 3.05) is 0 Å². The largest absolute Gasteiger partial charge is 0.203 e. The van der Waals surface area contributed by atoms with Crippen molar-refractivity contribution in [2.24, 2.45) is 11.8 Å². The van der Waals surface area contributed by atoms with Gasteiger partial charge in [0, 0.05) is 5.92 Å². The van der Waals surface area contributed by atoms with Crippen LogP contribution in [0.25, 0.3) is 0 Å². The maximum absolute atomic E-state index is 14.2. The minimum atomic E-state index is -0.681. The quantitative estimate of drug-likeness (QED) is 0.499. The summed E-state index contributed by atoms with van der Waals surface area (Å²) in [7, 11) is 0. The molecule has 3 rings (SSSR count). The van der Waals surface area contributed by atoms with Crippen molar-refractivity contribution in [3.05, 3.63) is 59.4 Å². The molecule has 0 spiro atoms. The van der Waals surface area contributed by atoms with E-state index in [0.29, 0.717) is 17.0 Å². The van der Waals surface area contributed by atoms with Crippen LogP contribution in [0.3, 0.4) is 0 Å². The van der Waals surface area contributed by atoms with E-state index >= 15 is 0 Å². The third kappa shape index (κ3) is 4.33. The Kier molecular flexibility index (Phi) is 6.30. The smallest absolute Gasteiger partial charge is 0.162 e. The molecule has 0 amide bonds. The van der Waals surface area contributed by atoms with Crippen LogP contribution < -0.4 is 0 Å². The fourth-order valence-corrected chi connectivity index (χ4v) is 4.66. The Morgan fingerprint density at radius 3 is 2.32 bits per heavy atom. The van der Waals surface area contributed by atoms with Crippen LogP contribution in [0.5, 0.6) is 0 Å². The highest BCUT2D eigenvalue weighted by molar-refractivity contribution is 5.36. The van der Waals surface area contributed by atoms with Crippen molar-refractivity contribution in [1.29, 1.82) is 0 Å². The molecule has 136 valence electrons. The molecule has 2 fully saturated rings. The van der Waals surface area contributed by atoms with Crippen molar-refractivity contribution in [2.45, 2.75) is 71.1 Å². The summed E-state index contributed by atoms with van der Waals surface area (Å²) in [5.41, 5.74) is 0.902. The van der Waals surface area contributed by atoms with Gasteiger partial charge in [-0.3, -0.25) is 0 Å². The van der Waals surface area contributed by atoms with E-state index in [-0.39, 0.29) is 0 Å². The van der Waals surface area contributed by atoms with E-state index in [9.17, 15) is 8.78 Å². The van der Waals surface area contributed by atoms with Crippen LogP contribution in [0, 0.1) is 42.2 Å². The van der Waals surface area contributed by atoms with Crippen molar-refractivity contribution < 1.29 is 8.78 Å². The molecule has 2 saturated carbocycles. The van der Waals surface area contributed by atoms with E-state index < -0.39 is 11.6 Å². The van der Waals surface area contributed by atoms with E-state index in [1.165, 1.54) is 32.1 Å². The van der Waals surface area contributed by atoms with Crippen LogP contribution in [-0.2, 0) is 0 Å². The number of benzene rings is 1. The lowest BCUT2D eigenvalue weighted by atomic mass is 9.68. The van der Waals surface area contributed by atoms with Gasteiger partial charge in [-0.1, -0.05) is 18.2 Å². The van der Waals surface area contributed by atoms with Crippen molar-refractivity contribution >= 4 is 0 Å². The van der Waals surface area contributed by atoms with Crippen LogP contribution in [0.15, 0.2) is 24.8 Å². The Morgan fingerprint density at radius 1 is 1.00 bits per heavy atom. The van der Waals surface area contributed by atoms with Crippen LogP contribution in [0.2, 0.25) is 0 Å². The second-order valence-corrected chi connectivity index (χ2v) is 7.90. The van der Waals surface area contributed by atoms with Crippen LogP contribution in [0.1, 0.15) is 75.3 Å². The maximum Gasteiger partial charge on any atom is 0.162 e. The zero-order chi connectivity index (χ0) is 17.8. The first-order chi connectivity index (χ1) is 12.1. The number of halogens is 2. The van der Waals surface area contributed by atoms with Gasteiger partial charge in [0.25, 0.3) is 0 Å². The van der Waals surface area contributed by atoms with E-state index in [0.717, 1.165) is 43.9 Å². The Hall–Kier alpha value is -1.18. The van der Waals surface area contributed by atoms with Gasteiger partial charge in [-0.15, -0.1) is 6.58 Å². The van der Waals surface area contributed by atoms with Crippen LogP contribution in [-0.4, -0.2) is 0 Å². The van der Waals surface area contributed by atoms with E-state index in [1.807, 2.05) is 6.08 Å². The molecule has 0 aromatic heterocycles. The fraction of sp³-hybridized carbons (Fsp3) is 0.565. The fourth-order valence-electron chi connectivity index (χ4n) is 4.66. The average molecular weight is 344 g/mol. The van der Waals surface area contributed by atoms with E-state index in [4.69, 9.17) is 0 Å². The predicted molar refractivity (Wildman–Crippen MR) is 100 cm³/mol. The monoisotopic (exact) mass is 344 g/mol. The highest BCUT2D eigenvalue weighted by atomic mass is 19.2. The molecule has 2 aliphatic rings. The summed E-state index contributed by atoms with van der Waals surface area (Å²) in [5.74, 6) is 3.08. The van der Waals surface area contributed by atoms with Gasteiger partial charge in [0.05, 0.1) is 0 Å². The molecular formula is C23H30F2. The summed E-state index contributed by atoms with van der Waals surface area (Å²) in [6.07, 6.45) is 13.7. The van der Waals surface area contributed by atoms with Crippen LogP contribution in [0.4, 0.5) is 8.78 Å². The molecule has 0 aliphatic heterocycles. The molecule has 0 bridgehead atoms. The third-order valence-corrected chi connectivity index (χ3v) is 6.35. The van der Waals surface area contributed by atoms with Gasteiger partial charge in [0.1, 0.15) is 0 Å². The summed E-state index contributed by atoms with van der Waals surface area (Å²) in [5, 5.41) is 0. The Balaban J connectivity index is 1.51. The molecule has 2 radical (unpaired) electrons. The first kappa shape index (κ1) is 18.6. The predicted octanol–water partition coefficient (Wildman–Crippen LogP) is 7.12. The molecule has 0 atom stereocenters. The summed E-state index contributed by atoms with van der Waals surface area (Å²) in [6.45, 7) is 5.44.